The van der Waals surface area contributed by atoms with Crippen LogP contribution in [-0.4, -0.2) is 67.2 Å². The lowest BCUT2D eigenvalue weighted by atomic mass is 10.1. The van der Waals surface area contributed by atoms with Gasteiger partial charge in [0.15, 0.2) is 5.96 Å². The fourth-order valence-electron chi connectivity index (χ4n) is 3.44. The van der Waals surface area contributed by atoms with Gasteiger partial charge in [-0.05, 0) is 18.1 Å². The average Bonchev–Trinajstić information content (AvgIpc) is 3.21. The van der Waals surface area contributed by atoms with Crippen molar-refractivity contribution in [3.05, 3.63) is 53.3 Å². The maximum atomic E-state index is 5.94. The van der Waals surface area contributed by atoms with Gasteiger partial charge in [-0.25, -0.2) is 0 Å². The molecule has 0 saturated carbocycles. The molecule has 1 fully saturated rings. The van der Waals surface area contributed by atoms with E-state index in [2.05, 4.69) is 44.6 Å². The molecular weight excluding hydrogens is 509 g/mol. The highest BCUT2D eigenvalue weighted by Crippen LogP contribution is 2.21. The summed E-state index contributed by atoms with van der Waals surface area (Å²) in [6, 6.07) is 8.42. The van der Waals surface area contributed by atoms with Crippen LogP contribution in [-0.2, 0) is 34.4 Å². The van der Waals surface area contributed by atoms with Crippen molar-refractivity contribution in [2.75, 3.05) is 46.6 Å². The molecule has 1 atom stereocenters. The van der Waals surface area contributed by atoms with Crippen molar-refractivity contribution in [3.63, 3.8) is 0 Å². The monoisotopic (exact) mass is 543 g/mol. The number of aliphatic imine (C=N–C) groups is 1. The van der Waals surface area contributed by atoms with Crippen molar-refractivity contribution >= 4 is 29.9 Å². The van der Waals surface area contributed by atoms with Crippen molar-refractivity contribution in [1.29, 1.82) is 0 Å². The number of nitrogens with zero attached hydrogens (tertiary/aromatic N) is 4. The van der Waals surface area contributed by atoms with E-state index in [-0.39, 0.29) is 30.1 Å². The summed E-state index contributed by atoms with van der Waals surface area (Å²) in [5.74, 6) is 0.880. The molecule has 1 aromatic heterocycles. The Balaban J connectivity index is 0.00000341. The zero-order valence-electron chi connectivity index (χ0n) is 18.6. The van der Waals surface area contributed by atoms with Gasteiger partial charge in [0.05, 0.1) is 39.2 Å². The fraction of sp³-hybridized carbons (Fsp3) is 0.545. The van der Waals surface area contributed by atoms with Crippen LogP contribution in [0.4, 0.5) is 0 Å². The van der Waals surface area contributed by atoms with Gasteiger partial charge in [0.1, 0.15) is 6.10 Å². The average molecular weight is 543 g/mol. The number of halogens is 1. The van der Waals surface area contributed by atoms with Gasteiger partial charge in [-0.1, -0.05) is 24.3 Å². The van der Waals surface area contributed by atoms with Crippen LogP contribution in [0.1, 0.15) is 29.7 Å². The molecule has 1 aliphatic heterocycles. The van der Waals surface area contributed by atoms with Crippen molar-refractivity contribution in [3.8, 4) is 0 Å². The predicted octanol–water partition coefficient (Wildman–Crippen LogP) is 2.74. The number of aryl methyl sites for hydroxylation is 1. The maximum Gasteiger partial charge on any atom is 0.194 e. The maximum absolute atomic E-state index is 5.94. The number of aromatic nitrogens is 2. The molecule has 1 saturated heterocycles. The van der Waals surface area contributed by atoms with Gasteiger partial charge in [0.25, 0.3) is 0 Å². The molecule has 1 unspecified atom stereocenters. The zero-order valence-corrected chi connectivity index (χ0v) is 21.0. The third-order valence-electron chi connectivity index (χ3n) is 4.96. The van der Waals surface area contributed by atoms with Crippen LogP contribution in [0.2, 0.25) is 0 Å². The Morgan fingerprint density at radius 1 is 1.29 bits per heavy atom. The summed E-state index contributed by atoms with van der Waals surface area (Å²) >= 11 is 0. The topological polar surface area (TPSA) is 73.1 Å². The minimum absolute atomic E-state index is 0. The molecule has 172 valence electrons. The Bertz CT molecular complexity index is 814. The second kappa shape index (κ2) is 13.7. The normalized spacial score (nSPS) is 16.8. The first-order valence-electron chi connectivity index (χ1n) is 10.5. The summed E-state index contributed by atoms with van der Waals surface area (Å²) in [5, 5.41) is 7.74. The van der Waals surface area contributed by atoms with Crippen LogP contribution < -0.4 is 5.32 Å². The lowest BCUT2D eigenvalue weighted by molar-refractivity contribution is -0.00805. The zero-order chi connectivity index (χ0) is 21.2. The first kappa shape index (κ1) is 25.6. The van der Waals surface area contributed by atoms with Crippen molar-refractivity contribution < 1.29 is 14.2 Å². The van der Waals surface area contributed by atoms with Gasteiger partial charge in [-0.3, -0.25) is 9.67 Å². The summed E-state index contributed by atoms with van der Waals surface area (Å²) in [4.78, 5) is 6.72. The van der Waals surface area contributed by atoms with E-state index in [0.29, 0.717) is 33.0 Å². The number of nitrogens with one attached hydrogen (secondary N) is 1. The van der Waals surface area contributed by atoms with Crippen LogP contribution in [0.3, 0.4) is 0 Å². The van der Waals surface area contributed by atoms with E-state index in [0.717, 1.165) is 36.8 Å². The summed E-state index contributed by atoms with van der Waals surface area (Å²) in [7, 11) is 3.74. The van der Waals surface area contributed by atoms with Crippen LogP contribution in [0.5, 0.6) is 0 Å². The van der Waals surface area contributed by atoms with E-state index in [1.54, 1.807) is 4.68 Å². The third kappa shape index (κ3) is 8.06. The molecule has 8 nitrogen and oxygen atoms in total. The van der Waals surface area contributed by atoms with Crippen LogP contribution in [0.25, 0.3) is 0 Å². The van der Waals surface area contributed by atoms with Crippen LogP contribution in [0.15, 0.2) is 41.7 Å². The van der Waals surface area contributed by atoms with Gasteiger partial charge in [-0.15, -0.1) is 24.0 Å². The molecule has 0 radical (unpaired) electrons. The summed E-state index contributed by atoms with van der Waals surface area (Å²) < 4.78 is 18.7. The van der Waals surface area contributed by atoms with E-state index in [4.69, 9.17) is 14.2 Å². The Morgan fingerprint density at radius 2 is 2.10 bits per heavy atom. The second-order valence-corrected chi connectivity index (χ2v) is 7.22. The number of morpholine rings is 1. The summed E-state index contributed by atoms with van der Waals surface area (Å²) in [6.45, 7) is 7.46. The summed E-state index contributed by atoms with van der Waals surface area (Å²) in [5.41, 5.74) is 3.44. The third-order valence-corrected chi connectivity index (χ3v) is 4.96. The number of rotatable bonds is 9. The van der Waals surface area contributed by atoms with Crippen LogP contribution in [0, 0.1) is 0 Å². The lowest BCUT2D eigenvalue weighted by Gasteiger charge is -2.34. The molecule has 1 N–H and O–H groups in total. The van der Waals surface area contributed by atoms with E-state index in [1.165, 1.54) is 5.56 Å². The molecular formula is C22H34IN5O3. The first-order valence-corrected chi connectivity index (χ1v) is 10.5. The van der Waals surface area contributed by atoms with E-state index < -0.39 is 0 Å². The number of hydrogen-bond donors (Lipinski definition) is 1. The van der Waals surface area contributed by atoms with E-state index in [1.807, 2.05) is 33.4 Å². The smallest absolute Gasteiger partial charge is 0.194 e. The Morgan fingerprint density at radius 3 is 2.84 bits per heavy atom. The van der Waals surface area contributed by atoms with Crippen LogP contribution >= 0.6 is 24.0 Å². The van der Waals surface area contributed by atoms with Gasteiger partial charge < -0.3 is 24.4 Å². The van der Waals surface area contributed by atoms with E-state index in [9.17, 15) is 0 Å². The summed E-state index contributed by atoms with van der Waals surface area (Å²) in [6.07, 6.45) is 3.88. The second-order valence-electron chi connectivity index (χ2n) is 7.22. The SMILES string of the molecule is CCOCCOCc1cccc(CNC(=NC)N2CCOC(c3cnn(C)c3)C2)c1.I. The van der Waals surface area contributed by atoms with E-state index >= 15 is 0 Å². The molecule has 2 aromatic rings. The van der Waals surface area contributed by atoms with Gasteiger partial charge in [0, 0.05) is 45.6 Å². The molecule has 1 aliphatic rings. The number of hydrogen-bond acceptors (Lipinski definition) is 5. The molecule has 0 bridgehead atoms. The molecule has 9 heteroatoms. The van der Waals surface area contributed by atoms with Gasteiger partial charge in [-0.2, -0.15) is 5.10 Å². The standard InChI is InChI=1S/C22H33N5O3.HI/c1-4-28-10-11-29-17-19-7-5-6-18(12-19)13-24-22(23-2)27-8-9-30-21(16-27)20-14-25-26(3)15-20;/h5-7,12,14-15,21H,4,8-11,13,16-17H2,1-3H3,(H,23,24);1H. The number of guanidine groups is 1. The molecule has 2 heterocycles. The fourth-order valence-corrected chi connectivity index (χ4v) is 3.44. The number of ether oxygens (including phenoxy) is 3. The Kier molecular flexibility index (Phi) is 11.3. The Hall–Kier alpha value is -1.69. The molecule has 0 spiro atoms. The highest BCUT2D eigenvalue weighted by molar-refractivity contribution is 14.0. The molecule has 31 heavy (non-hydrogen) atoms. The Labute approximate surface area is 202 Å². The van der Waals surface area contributed by atoms with Gasteiger partial charge in [0.2, 0.25) is 0 Å². The van der Waals surface area contributed by atoms with Crippen molar-refractivity contribution in [1.82, 2.24) is 20.0 Å². The predicted molar refractivity (Wildman–Crippen MR) is 132 cm³/mol. The van der Waals surface area contributed by atoms with Crippen molar-refractivity contribution in [2.24, 2.45) is 12.0 Å². The number of benzene rings is 1. The lowest BCUT2D eigenvalue weighted by Crippen LogP contribution is -2.47. The highest BCUT2D eigenvalue weighted by Gasteiger charge is 2.25. The highest BCUT2D eigenvalue weighted by atomic mass is 127. The largest absolute Gasteiger partial charge is 0.379 e. The molecule has 3 rings (SSSR count). The molecule has 0 amide bonds. The minimum Gasteiger partial charge on any atom is -0.379 e. The molecule has 1 aromatic carbocycles. The quantitative estimate of drug-likeness (QED) is 0.227. The van der Waals surface area contributed by atoms with Gasteiger partial charge >= 0.3 is 0 Å². The minimum atomic E-state index is 0. The van der Waals surface area contributed by atoms with Crippen molar-refractivity contribution in [2.45, 2.75) is 26.2 Å². The first-order chi connectivity index (χ1) is 14.7. The molecule has 0 aliphatic carbocycles.